The molecular weight excluding hydrogens is 222 g/mol. The smallest absolute Gasteiger partial charge is 0.263 e. The second-order valence-electron chi connectivity index (χ2n) is 3.26. The van der Waals surface area contributed by atoms with Crippen molar-refractivity contribution in [2.24, 2.45) is 0 Å². The van der Waals surface area contributed by atoms with Gasteiger partial charge in [0.05, 0.1) is 5.69 Å². The van der Waals surface area contributed by atoms with E-state index < -0.39 is 9.05 Å². The number of fused-ring (bicyclic) bond motifs is 1. The number of hydrogen-bond acceptors (Lipinski definition) is 3. The van der Waals surface area contributed by atoms with Gasteiger partial charge < -0.3 is 5.32 Å². The molecule has 0 amide bonds. The molecule has 0 atom stereocenters. The highest BCUT2D eigenvalue weighted by molar-refractivity contribution is 8.13. The number of aryl methyl sites for hydroxylation is 1. The summed E-state index contributed by atoms with van der Waals surface area (Å²) in [6.07, 6.45) is 1.93. The number of benzene rings is 1. The van der Waals surface area contributed by atoms with E-state index in [0.29, 0.717) is 5.69 Å². The molecule has 76 valence electrons. The zero-order valence-electron chi connectivity index (χ0n) is 7.46. The van der Waals surface area contributed by atoms with E-state index in [1.54, 1.807) is 6.07 Å². The van der Waals surface area contributed by atoms with Gasteiger partial charge in [0, 0.05) is 17.2 Å². The Labute approximate surface area is 87.5 Å². The third-order valence-corrected chi connectivity index (χ3v) is 3.66. The lowest BCUT2D eigenvalue weighted by atomic mass is 10.0. The Kier molecular flexibility index (Phi) is 2.41. The summed E-state index contributed by atoms with van der Waals surface area (Å²) in [5, 5.41) is 3.07. The van der Waals surface area contributed by atoms with Crippen molar-refractivity contribution in [3.05, 3.63) is 23.8 Å². The van der Waals surface area contributed by atoms with Crippen LogP contribution in [0, 0.1) is 0 Å². The lowest BCUT2D eigenvalue weighted by molar-refractivity contribution is 0.609. The molecule has 0 saturated heterocycles. The third-order valence-electron chi connectivity index (χ3n) is 2.30. The van der Waals surface area contributed by atoms with E-state index in [1.165, 1.54) is 6.07 Å². The highest BCUT2D eigenvalue weighted by Gasteiger charge is 2.19. The molecule has 1 aliphatic rings. The van der Waals surface area contributed by atoms with E-state index in [-0.39, 0.29) is 4.90 Å². The van der Waals surface area contributed by atoms with Gasteiger partial charge in [-0.05, 0) is 24.5 Å². The van der Waals surface area contributed by atoms with Crippen LogP contribution in [0.5, 0.6) is 0 Å². The van der Waals surface area contributed by atoms with Crippen LogP contribution in [0.3, 0.4) is 0 Å². The summed E-state index contributed by atoms with van der Waals surface area (Å²) in [4.78, 5) is 0.191. The van der Waals surface area contributed by atoms with Gasteiger partial charge in [0.25, 0.3) is 9.05 Å². The molecule has 1 N–H and O–H groups in total. The number of anilines is 1. The van der Waals surface area contributed by atoms with Crippen molar-refractivity contribution in [2.45, 2.75) is 17.7 Å². The van der Waals surface area contributed by atoms with E-state index in [1.807, 2.05) is 6.07 Å². The Morgan fingerprint density at radius 2 is 2.14 bits per heavy atom. The van der Waals surface area contributed by atoms with Gasteiger partial charge in [0.15, 0.2) is 0 Å². The molecule has 1 heterocycles. The number of halogens is 1. The van der Waals surface area contributed by atoms with Crippen LogP contribution in [0.15, 0.2) is 23.1 Å². The summed E-state index contributed by atoms with van der Waals surface area (Å²) < 4.78 is 22.5. The van der Waals surface area contributed by atoms with Gasteiger partial charge in [0.1, 0.15) is 4.90 Å². The Morgan fingerprint density at radius 3 is 2.86 bits per heavy atom. The summed E-state index contributed by atoms with van der Waals surface area (Å²) in [5.74, 6) is 0. The van der Waals surface area contributed by atoms with Crippen LogP contribution < -0.4 is 5.32 Å². The summed E-state index contributed by atoms with van der Waals surface area (Å²) in [7, 11) is 1.69. The minimum absolute atomic E-state index is 0.191. The fourth-order valence-electron chi connectivity index (χ4n) is 1.68. The molecule has 2 rings (SSSR count). The first kappa shape index (κ1) is 9.80. The van der Waals surface area contributed by atoms with Crippen molar-refractivity contribution in [2.75, 3.05) is 11.9 Å². The molecule has 0 radical (unpaired) electrons. The van der Waals surface area contributed by atoms with Crippen LogP contribution in [0.25, 0.3) is 0 Å². The van der Waals surface area contributed by atoms with Crippen molar-refractivity contribution >= 4 is 25.4 Å². The van der Waals surface area contributed by atoms with Gasteiger partial charge in [-0.2, -0.15) is 0 Å². The minimum atomic E-state index is -3.63. The molecule has 0 spiro atoms. The van der Waals surface area contributed by atoms with Gasteiger partial charge >= 0.3 is 0 Å². The molecule has 0 bridgehead atoms. The average molecular weight is 232 g/mol. The molecule has 1 aliphatic heterocycles. The number of rotatable bonds is 1. The van der Waals surface area contributed by atoms with E-state index >= 15 is 0 Å². The average Bonchev–Trinajstić information content (AvgIpc) is 2.15. The summed E-state index contributed by atoms with van der Waals surface area (Å²) in [5.41, 5.74) is 1.70. The number of hydrogen-bond donors (Lipinski definition) is 1. The lowest BCUT2D eigenvalue weighted by Gasteiger charge is -2.19. The third kappa shape index (κ3) is 1.72. The van der Waals surface area contributed by atoms with Gasteiger partial charge in [-0.15, -0.1) is 0 Å². The minimum Gasteiger partial charge on any atom is -0.384 e. The Hall–Kier alpha value is -0.740. The molecule has 1 aromatic carbocycles. The van der Waals surface area contributed by atoms with Crippen LogP contribution in [0.4, 0.5) is 5.69 Å². The second kappa shape index (κ2) is 3.44. The molecule has 0 saturated carbocycles. The Morgan fingerprint density at radius 1 is 1.36 bits per heavy atom. The zero-order chi connectivity index (χ0) is 10.2. The first-order valence-electron chi connectivity index (χ1n) is 4.39. The first-order valence-corrected chi connectivity index (χ1v) is 6.70. The second-order valence-corrected chi connectivity index (χ2v) is 5.79. The summed E-state index contributed by atoms with van der Waals surface area (Å²) in [6.45, 7) is 0.802. The molecule has 1 aromatic rings. The normalized spacial score (nSPS) is 15.8. The molecular formula is C9H10ClNO2S. The molecule has 3 nitrogen and oxygen atoms in total. The molecule has 14 heavy (non-hydrogen) atoms. The molecule has 5 heteroatoms. The van der Waals surface area contributed by atoms with Gasteiger partial charge in [-0.3, -0.25) is 0 Å². The predicted octanol–water partition coefficient (Wildman–Crippen LogP) is 1.97. The monoisotopic (exact) mass is 231 g/mol. The van der Waals surface area contributed by atoms with E-state index in [9.17, 15) is 8.42 Å². The van der Waals surface area contributed by atoms with Crippen molar-refractivity contribution in [1.29, 1.82) is 0 Å². The maximum Gasteiger partial charge on any atom is 0.263 e. The van der Waals surface area contributed by atoms with Crippen LogP contribution >= 0.6 is 10.7 Å². The fourth-order valence-corrected chi connectivity index (χ4v) is 2.75. The highest BCUT2D eigenvalue weighted by atomic mass is 35.7. The van der Waals surface area contributed by atoms with Crippen molar-refractivity contribution in [3.8, 4) is 0 Å². The van der Waals surface area contributed by atoms with Crippen molar-refractivity contribution in [3.63, 3.8) is 0 Å². The largest absolute Gasteiger partial charge is 0.384 e. The SMILES string of the molecule is O=S(=O)(Cl)c1cccc2c1NCCC2. The van der Waals surface area contributed by atoms with E-state index in [0.717, 1.165) is 24.9 Å². The van der Waals surface area contributed by atoms with Crippen molar-refractivity contribution < 1.29 is 8.42 Å². The van der Waals surface area contributed by atoms with E-state index in [2.05, 4.69) is 5.32 Å². The highest BCUT2D eigenvalue weighted by Crippen LogP contribution is 2.31. The molecule has 0 aromatic heterocycles. The van der Waals surface area contributed by atoms with Crippen LogP contribution in [-0.4, -0.2) is 15.0 Å². The predicted molar refractivity (Wildman–Crippen MR) is 56.3 cm³/mol. The van der Waals surface area contributed by atoms with Crippen molar-refractivity contribution in [1.82, 2.24) is 0 Å². The van der Waals surface area contributed by atoms with Gasteiger partial charge in [-0.25, -0.2) is 8.42 Å². The summed E-state index contributed by atoms with van der Waals surface area (Å²) >= 11 is 0. The quantitative estimate of drug-likeness (QED) is 0.752. The van der Waals surface area contributed by atoms with Gasteiger partial charge in [0.2, 0.25) is 0 Å². The first-order chi connectivity index (χ1) is 6.59. The van der Waals surface area contributed by atoms with E-state index in [4.69, 9.17) is 10.7 Å². The van der Waals surface area contributed by atoms with Crippen LogP contribution in [0.2, 0.25) is 0 Å². The standard InChI is InChI=1S/C9H10ClNO2S/c10-14(12,13)8-5-1-3-7-4-2-6-11-9(7)8/h1,3,5,11H,2,4,6H2. The zero-order valence-corrected chi connectivity index (χ0v) is 9.03. The number of nitrogens with one attached hydrogen (secondary N) is 1. The molecule has 0 fully saturated rings. The van der Waals surface area contributed by atoms with Crippen LogP contribution in [-0.2, 0) is 15.5 Å². The van der Waals surface area contributed by atoms with Gasteiger partial charge in [-0.1, -0.05) is 12.1 Å². The van der Waals surface area contributed by atoms with Crippen LogP contribution in [0.1, 0.15) is 12.0 Å². The lowest BCUT2D eigenvalue weighted by Crippen LogP contribution is -2.14. The topological polar surface area (TPSA) is 46.2 Å². The molecule has 0 aliphatic carbocycles. The fraction of sp³-hybridized carbons (Fsp3) is 0.333. The maximum absolute atomic E-state index is 11.2. The maximum atomic E-state index is 11.2. The molecule has 0 unspecified atom stereocenters. The Balaban J connectivity index is 2.62. The summed E-state index contributed by atoms with van der Waals surface area (Å²) in [6, 6.07) is 5.17. The number of para-hydroxylation sites is 1. The Bertz CT molecular complexity index is 456.